The van der Waals surface area contributed by atoms with Gasteiger partial charge in [0.25, 0.3) is 0 Å². The first-order chi connectivity index (χ1) is 14.6. The van der Waals surface area contributed by atoms with Crippen LogP contribution in [0.15, 0.2) is 42.5 Å². The number of unbranched alkanes of at least 4 members (excludes halogenated alkanes) is 2. The molecule has 7 heteroatoms. The average molecular weight is 508 g/mol. The van der Waals surface area contributed by atoms with Gasteiger partial charge in [-0.3, -0.25) is 0 Å². The number of hydrogen-bond acceptors (Lipinski definition) is 3. The van der Waals surface area contributed by atoms with E-state index in [2.05, 4.69) is 24.1 Å². The molecule has 0 atom stereocenters. The van der Waals surface area contributed by atoms with Crippen LogP contribution >= 0.6 is 36.4 Å². The predicted molar refractivity (Wildman–Crippen MR) is 139 cm³/mol. The number of rotatable bonds is 15. The molecule has 0 spiro atoms. The lowest BCUT2D eigenvalue weighted by atomic mass is 10.2. The Hall–Kier alpha value is -1.04. The molecule has 0 fully saturated rings. The molecule has 182 valence electrons. The van der Waals surface area contributed by atoms with Crippen molar-refractivity contribution in [1.29, 1.82) is 0 Å². The van der Waals surface area contributed by atoms with Crippen LogP contribution in [0.4, 0.5) is 4.39 Å². The van der Waals surface area contributed by atoms with E-state index in [-0.39, 0.29) is 30.6 Å². The lowest BCUT2D eigenvalue weighted by molar-refractivity contribution is 0.260. The first kappa shape index (κ1) is 31.0. The summed E-state index contributed by atoms with van der Waals surface area (Å²) in [7, 11) is 0. The molecule has 32 heavy (non-hydrogen) atoms. The van der Waals surface area contributed by atoms with E-state index in [1.807, 2.05) is 18.2 Å². The second-order valence-corrected chi connectivity index (χ2v) is 8.18. The Labute approximate surface area is 210 Å². The summed E-state index contributed by atoms with van der Waals surface area (Å²) < 4.78 is 19.0. The zero-order valence-electron chi connectivity index (χ0n) is 19.2. The number of benzene rings is 2. The highest BCUT2D eigenvalue weighted by atomic mass is 35.5. The second-order valence-electron chi connectivity index (χ2n) is 7.75. The summed E-state index contributed by atoms with van der Waals surface area (Å²) >= 11 is 6.20. The van der Waals surface area contributed by atoms with Crippen molar-refractivity contribution in [2.24, 2.45) is 0 Å². The number of nitrogens with one attached hydrogen (secondary N) is 1. The van der Waals surface area contributed by atoms with Gasteiger partial charge in [-0.15, -0.1) is 24.8 Å². The van der Waals surface area contributed by atoms with E-state index in [1.165, 1.54) is 50.9 Å². The summed E-state index contributed by atoms with van der Waals surface area (Å²) in [5.41, 5.74) is 1.97. The zero-order valence-corrected chi connectivity index (χ0v) is 21.6. The molecule has 0 saturated heterocycles. The van der Waals surface area contributed by atoms with E-state index in [4.69, 9.17) is 16.3 Å². The number of ether oxygens (including phenoxy) is 1. The normalized spacial score (nSPS) is 10.5. The lowest BCUT2D eigenvalue weighted by Gasteiger charge is -2.22. The Balaban J connectivity index is 0.00000480. The quantitative estimate of drug-likeness (QED) is 0.256. The zero-order chi connectivity index (χ0) is 21.6. The maximum atomic E-state index is 13.1. The summed E-state index contributed by atoms with van der Waals surface area (Å²) in [6.45, 7) is 10.1. The van der Waals surface area contributed by atoms with E-state index in [0.717, 1.165) is 36.4 Å². The molecule has 2 rings (SSSR count). The average Bonchev–Trinajstić information content (AvgIpc) is 2.75. The van der Waals surface area contributed by atoms with Gasteiger partial charge in [-0.05, 0) is 81.3 Å². The van der Waals surface area contributed by atoms with Crippen LogP contribution in [0.1, 0.15) is 57.1 Å². The van der Waals surface area contributed by atoms with Crippen molar-refractivity contribution in [2.45, 2.75) is 59.1 Å². The summed E-state index contributed by atoms with van der Waals surface area (Å²) in [5, 5.41) is 4.23. The van der Waals surface area contributed by atoms with Gasteiger partial charge < -0.3 is 15.0 Å². The van der Waals surface area contributed by atoms with Gasteiger partial charge in [0.2, 0.25) is 0 Å². The van der Waals surface area contributed by atoms with E-state index >= 15 is 0 Å². The third-order valence-corrected chi connectivity index (χ3v) is 5.36. The highest BCUT2D eigenvalue weighted by Gasteiger charge is 2.07. The van der Waals surface area contributed by atoms with Crippen molar-refractivity contribution in [1.82, 2.24) is 10.2 Å². The smallest absolute Gasteiger partial charge is 0.124 e. The molecule has 0 saturated carbocycles. The minimum absolute atomic E-state index is 0. The second kappa shape index (κ2) is 18.4. The molecule has 2 aromatic carbocycles. The summed E-state index contributed by atoms with van der Waals surface area (Å²) in [6, 6.07) is 12.1. The number of halogens is 4. The third-order valence-electron chi connectivity index (χ3n) is 5.13. The van der Waals surface area contributed by atoms with Crippen LogP contribution in [0.5, 0.6) is 5.75 Å². The maximum Gasteiger partial charge on any atom is 0.124 e. The summed E-state index contributed by atoms with van der Waals surface area (Å²) in [5.74, 6) is 0.571. The van der Waals surface area contributed by atoms with E-state index < -0.39 is 0 Å². The Morgan fingerprint density at radius 1 is 0.906 bits per heavy atom. The van der Waals surface area contributed by atoms with Gasteiger partial charge in [-0.25, -0.2) is 4.39 Å². The van der Waals surface area contributed by atoms with E-state index in [9.17, 15) is 4.39 Å². The fraction of sp³-hybridized carbons (Fsp3) is 0.520. The molecule has 0 aliphatic heterocycles. The first-order valence-corrected chi connectivity index (χ1v) is 11.6. The van der Waals surface area contributed by atoms with Crippen LogP contribution in [-0.4, -0.2) is 31.1 Å². The van der Waals surface area contributed by atoms with Crippen LogP contribution in [0, 0.1) is 5.82 Å². The fourth-order valence-electron chi connectivity index (χ4n) is 3.32. The first-order valence-electron chi connectivity index (χ1n) is 11.2. The third kappa shape index (κ3) is 12.3. The van der Waals surface area contributed by atoms with Crippen LogP contribution in [0.2, 0.25) is 5.02 Å². The van der Waals surface area contributed by atoms with Gasteiger partial charge in [-0.1, -0.05) is 50.4 Å². The largest absolute Gasteiger partial charge is 0.489 e. The molecule has 3 nitrogen and oxygen atoms in total. The molecular formula is C25H38Cl3FN2O. The number of nitrogens with zero attached hydrogens (tertiary/aromatic N) is 1. The molecule has 0 aromatic heterocycles. The SMILES string of the molecule is CCCCN(CCCC)CCCNCc1cc(Cl)ccc1OCc1ccc(F)cc1.Cl.Cl. The highest BCUT2D eigenvalue weighted by molar-refractivity contribution is 6.30. The maximum absolute atomic E-state index is 13.1. The minimum Gasteiger partial charge on any atom is -0.489 e. The molecule has 0 unspecified atom stereocenters. The summed E-state index contributed by atoms with van der Waals surface area (Å²) in [4.78, 5) is 2.59. The van der Waals surface area contributed by atoms with Gasteiger partial charge in [0, 0.05) is 17.1 Å². The van der Waals surface area contributed by atoms with Crippen LogP contribution < -0.4 is 10.1 Å². The van der Waals surface area contributed by atoms with E-state index in [1.54, 1.807) is 12.1 Å². The molecule has 0 radical (unpaired) electrons. The van der Waals surface area contributed by atoms with Gasteiger partial charge >= 0.3 is 0 Å². The van der Waals surface area contributed by atoms with Crippen molar-refractivity contribution in [3.05, 3.63) is 64.4 Å². The van der Waals surface area contributed by atoms with Gasteiger partial charge in [-0.2, -0.15) is 0 Å². The summed E-state index contributed by atoms with van der Waals surface area (Å²) in [6.07, 6.45) is 6.16. The Morgan fingerprint density at radius 2 is 1.53 bits per heavy atom. The molecule has 0 bridgehead atoms. The standard InChI is InChI=1S/C25H36ClFN2O.2ClH/c1-3-5-15-29(16-6-4-2)17-7-14-28-19-22-18-23(26)10-13-25(22)30-20-21-8-11-24(27)12-9-21;;/h8-13,18,28H,3-7,14-17,19-20H2,1-2H3;2*1H. The Morgan fingerprint density at radius 3 is 2.16 bits per heavy atom. The monoisotopic (exact) mass is 506 g/mol. The van der Waals surface area contributed by atoms with Crippen molar-refractivity contribution in [3.63, 3.8) is 0 Å². The fourth-order valence-corrected chi connectivity index (χ4v) is 3.51. The number of hydrogen-bond donors (Lipinski definition) is 1. The van der Waals surface area contributed by atoms with Crippen molar-refractivity contribution >= 4 is 36.4 Å². The molecule has 0 aliphatic carbocycles. The topological polar surface area (TPSA) is 24.5 Å². The van der Waals surface area contributed by atoms with Crippen molar-refractivity contribution in [2.75, 3.05) is 26.2 Å². The molecule has 0 aliphatic rings. The minimum atomic E-state index is -0.238. The lowest BCUT2D eigenvalue weighted by Crippen LogP contribution is -2.29. The van der Waals surface area contributed by atoms with Crippen molar-refractivity contribution < 1.29 is 9.13 Å². The van der Waals surface area contributed by atoms with Crippen LogP contribution in [-0.2, 0) is 13.2 Å². The predicted octanol–water partition coefficient (Wildman–Crippen LogP) is 7.28. The van der Waals surface area contributed by atoms with E-state index in [0.29, 0.717) is 18.2 Å². The molecule has 0 heterocycles. The van der Waals surface area contributed by atoms with Crippen LogP contribution in [0.3, 0.4) is 0 Å². The van der Waals surface area contributed by atoms with Gasteiger partial charge in [0.15, 0.2) is 0 Å². The molecule has 0 amide bonds. The Kier molecular flexibility index (Phi) is 17.8. The molecule has 2 aromatic rings. The van der Waals surface area contributed by atoms with Crippen LogP contribution in [0.25, 0.3) is 0 Å². The molecule has 1 N–H and O–H groups in total. The Bertz CT molecular complexity index is 724. The highest BCUT2D eigenvalue weighted by Crippen LogP contribution is 2.24. The molecular weight excluding hydrogens is 470 g/mol. The van der Waals surface area contributed by atoms with Gasteiger partial charge in [0.05, 0.1) is 0 Å². The van der Waals surface area contributed by atoms with Gasteiger partial charge in [0.1, 0.15) is 18.2 Å². The van der Waals surface area contributed by atoms with Crippen molar-refractivity contribution in [3.8, 4) is 5.75 Å².